The summed E-state index contributed by atoms with van der Waals surface area (Å²) in [5, 5.41) is 12.0. The van der Waals surface area contributed by atoms with Crippen LogP contribution in [0.25, 0.3) is 16.9 Å². The molecule has 0 saturated heterocycles. The second-order valence-corrected chi connectivity index (χ2v) is 6.39. The van der Waals surface area contributed by atoms with E-state index in [9.17, 15) is 4.79 Å². The van der Waals surface area contributed by atoms with Crippen molar-refractivity contribution in [3.8, 4) is 16.9 Å². The molecule has 4 aromatic rings. The van der Waals surface area contributed by atoms with E-state index in [1.165, 1.54) is 0 Å². The molecule has 140 valence electrons. The third kappa shape index (κ3) is 3.71. The number of para-hydroxylation sites is 1. The third-order valence-corrected chi connectivity index (χ3v) is 4.49. The van der Waals surface area contributed by atoms with Gasteiger partial charge in [0.15, 0.2) is 0 Å². The van der Waals surface area contributed by atoms with Gasteiger partial charge in [-0.25, -0.2) is 4.68 Å². The van der Waals surface area contributed by atoms with Crippen LogP contribution in [0.3, 0.4) is 0 Å². The molecule has 0 bridgehead atoms. The molecule has 28 heavy (non-hydrogen) atoms. The number of carbonyl (C=O) groups is 1. The molecule has 0 unspecified atom stereocenters. The average Bonchev–Trinajstić information content (AvgIpc) is 3.41. The lowest BCUT2D eigenvalue weighted by Gasteiger charge is -2.04. The van der Waals surface area contributed by atoms with Gasteiger partial charge in [-0.15, -0.1) is 0 Å². The van der Waals surface area contributed by atoms with E-state index in [1.807, 2.05) is 78.5 Å². The standard InChI is InChI=1S/C22H21N5O/c1-2-26-14-13-20(24-26)22(28)23-15-18-16-27(19-11-7-4-8-12-19)25-21(18)17-9-5-3-6-10-17/h3-14,16H,2,15H2,1H3,(H,23,28). The predicted octanol–water partition coefficient (Wildman–Crippen LogP) is 3.69. The van der Waals surface area contributed by atoms with Gasteiger partial charge in [-0.1, -0.05) is 48.5 Å². The van der Waals surface area contributed by atoms with Crippen LogP contribution in [0.15, 0.2) is 79.1 Å². The number of nitrogens with zero attached hydrogens (tertiary/aromatic N) is 4. The van der Waals surface area contributed by atoms with Crippen molar-refractivity contribution in [1.29, 1.82) is 0 Å². The lowest BCUT2D eigenvalue weighted by Crippen LogP contribution is -2.23. The molecule has 2 heterocycles. The topological polar surface area (TPSA) is 64.7 Å². The van der Waals surface area contributed by atoms with Crippen molar-refractivity contribution in [1.82, 2.24) is 24.9 Å². The van der Waals surface area contributed by atoms with Crippen LogP contribution in [0.2, 0.25) is 0 Å². The largest absolute Gasteiger partial charge is 0.346 e. The van der Waals surface area contributed by atoms with Crippen LogP contribution in [0.1, 0.15) is 23.0 Å². The molecule has 4 rings (SSSR count). The number of amides is 1. The van der Waals surface area contributed by atoms with Gasteiger partial charge in [0.05, 0.1) is 11.4 Å². The Balaban J connectivity index is 1.61. The highest BCUT2D eigenvalue weighted by molar-refractivity contribution is 5.92. The molecule has 0 atom stereocenters. The van der Waals surface area contributed by atoms with E-state index >= 15 is 0 Å². The molecule has 0 aliphatic heterocycles. The quantitative estimate of drug-likeness (QED) is 0.562. The maximum absolute atomic E-state index is 12.5. The van der Waals surface area contributed by atoms with Crippen molar-refractivity contribution < 1.29 is 4.79 Å². The van der Waals surface area contributed by atoms with Crippen molar-refractivity contribution in [3.63, 3.8) is 0 Å². The minimum atomic E-state index is -0.196. The van der Waals surface area contributed by atoms with Crippen LogP contribution < -0.4 is 5.32 Å². The Morgan fingerprint density at radius 3 is 2.36 bits per heavy atom. The van der Waals surface area contributed by atoms with Crippen molar-refractivity contribution in [2.75, 3.05) is 0 Å². The number of rotatable bonds is 6. The summed E-state index contributed by atoms with van der Waals surface area (Å²) >= 11 is 0. The first kappa shape index (κ1) is 17.7. The smallest absolute Gasteiger partial charge is 0.272 e. The van der Waals surface area contributed by atoms with Gasteiger partial charge in [-0.05, 0) is 25.1 Å². The molecule has 6 heteroatoms. The molecule has 2 aromatic carbocycles. The molecule has 0 radical (unpaired) electrons. The summed E-state index contributed by atoms with van der Waals surface area (Å²) in [5.74, 6) is -0.196. The van der Waals surface area contributed by atoms with Gasteiger partial charge in [-0.3, -0.25) is 9.48 Å². The first-order valence-corrected chi connectivity index (χ1v) is 9.25. The summed E-state index contributed by atoms with van der Waals surface area (Å²) in [5.41, 5.74) is 4.19. The summed E-state index contributed by atoms with van der Waals surface area (Å²) in [6.45, 7) is 3.09. The van der Waals surface area contributed by atoms with E-state index in [0.29, 0.717) is 12.2 Å². The summed E-state index contributed by atoms with van der Waals surface area (Å²) in [6.07, 6.45) is 3.76. The zero-order chi connectivity index (χ0) is 19.3. The SMILES string of the molecule is CCn1ccc(C(=O)NCc2cn(-c3ccccc3)nc2-c2ccccc2)n1. The van der Waals surface area contributed by atoms with Gasteiger partial charge in [0.2, 0.25) is 0 Å². The van der Waals surface area contributed by atoms with E-state index in [2.05, 4.69) is 10.4 Å². The second kappa shape index (κ2) is 7.92. The summed E-state index contributed by atoms with van der Waals surface area (Å²) in [7, 11) is 0. The van der Waals surface area contributed by atoms with Crippen molar-refractivity contribution >= 4 is 5.91 Å². The van der Waals surface area contributed by atoms with Gasteiger partial charge < -0.3 is 5.32 Å². The van der Waals surface area contributed by atoms with Crippen LogP contribution >= 0.6 is 0 Å². The molecule has 1 N–H and O–H groups in total. The molecule has 1 amide bonds. The minimum Gasteiger partial charge on any atom is -0.346 e. The Morgan fingerprint density at radius 2 is 1.68 bits per heavy atom. The van der Waals surface area contributed by atoms with Gasteiger partial charge in [-0.2, -0.15) is 10.2 Å². The Hall–Kier alpha value is -3.67. The number of hydrogen-bond donors (Lipinski definition) is 1. The predicted molar refractivity (Wildman–Crippen MR) is 108 cm³/mol. The molecule has 0 fully saturated rings. The molecule has 0 aliphatic rings. The molecular formula is C22H21N5O. The van der Waals surface area contributed by atoms with E-state index < -0.39 is 0 Å². The Morgan fingerprint density at radius 1 is 0.964 bits per heavy atom. The van der Waals surface area contributed by atoms with E-state index in [0.717, 1.165) is 29.1 Å². The minimum absolute atomic E-state index is 0.196. The highest BCUT2D eigenvalue weighted by Crippen LogP contribution is 2.23. The van der Waals surface area contributed by atoms with Crippen molar-refractivity contribution in [2.45, 2.75) is 20.0 Å². The van der Waals surface area contributed by atoms with Crippen LogP contribution in [-0.4, -0.2) is 25.5 Å². The Kier molecular flexibility index (Phi) is 5.01. The highest BCUT2D eigenvalue weighted by atomic mass is 16.1. The number of benzene rings is 2. The van der Waals surface area contributed by atoms with E-state index in [-0.39, 0.29) is 5.91 Å². The maximum atomic E-state index is 12.5. The van der Waals surface area contributed by atoms with E-state index in [1.54, 1.807) is 16.9 Å². The number of nitrogens with one attached hydrogen (secondary N) is 1. The normalized spacial score (nSPS) is 10.8. The average molecular weight is 371 g/mol. The van der Waals surface area contributed by atoms with Crippen LogP contribution in [-0.2, 0) is 13.1 Å². The second-order valence-electron chi connectivity index (χ2n) is 6.39. The monoisotopic (exact) mass is 371 g/mol. The zero-order valence-electron chi connectivity index (χ0n) is 15.6. The summed E-state index contributed by atoms with van der Waals surface area (Å²) in [4.78, 5) is 12.5. The lowest BCUT2D eigenvalue weighted by molar-refractivity contribution is 0.0945. The summed E-state index contributed by atoms with van der Waals surface area (Å²) < 4.78 is 3.58. The molecule has 6 nitrogen and oxygen atoms in total. The first-order valence-electron chi connectivity index (χ1n) is 9.25. The molecule has 0 saturated carbocycles. The van der Waals surface area contributed by atoms with Gasteiger partial charge >= 0.3 is 0 Å². The van der Waals surface area contributed by atoms with Crippen LogP contribution in [0.4, 0.5) is 0 Å². The zero-order valence-corrected chi connectivity index (χ0v) is 15.6. The number of aromatic nitrogens is 4. The number of hydrogen-bond acceptors (Lipinski definition) is 3. The van der Waals surface area contributed by atoms with Crippen molar-refractivity contribution in [3.05, 3.63) is 90.4 Å². The van der Waals surface area contributed by atoms with Gasteiger partial charge in [0.1, 0.15) is 5.69 Å². The molecule has 0 spiro atoms. The Bertz CT molecular complexity index is 1070. The number of aryl methyl sites for hydroxylation is 1. The fourth-order valence-corrected chi connectivity index (χ4v) is 3.02. The van der Waals surface area contributed by atoms with Gasteiger partial charge in [0.25, 0.3) is 5.91 Å². The third-order valence-electron chi connectivity index (χ3n) is 4.49. The first-order chi connectivity index (χ1) is 13.7. The number of carbonyl (C=O) groups excluding carboxylic acids is 1. The van der Waals surface area contributed by atoms with Crippen LogP contribution in [0, 0.1) is 0 Å². The maximum Gasteiger partial charge on any atom is 0.272 e. The van der Waals surface area contributed by atoms with Gasteiger partial charge in [0, 0.05) is 36.6 Å². The highest BCUT2D eigenvalue weighted by Gasteiger charge is 2.15. The Labute approximate surface area is 163 Å². The fourth-order valence-electron chi connectivity index (χ4n) is 3.02. The van der Waals surface area contributed by atoms with Crippen LogP contribution in [0.5, 0.6) is 0 Å². The lowest BCUT2D eigenvalue weighted by atomic mass is 10.1. The van der Waals surface area contributed by atoms with E-state index in [4.69, 9.17) is 5.10 Å². The van der Waals surface area contributed by atoms with Crippen molar-refractivity contribution in [2.24, 2.45) is 0 Å². The molecule has 0 aliphatic carbocycles. The molecular weight excluding hydrogens is 350 g/mol. The molecule has 2 aromatic heterocycles. The fraction of sp³-hybridized carbons (Fsp3) is 0.136. The summed E-state index contributed by atoms with van der Waals surface area (Å²) in [6, 6.07) is 21.6.